The van der Waals surface area contributed by atoms with Gasteiger partial charge in [-0.25, -0.2) is 0 Å². The molecule has 0 bridgehead atoms. The van der Waals surface area contributed by atoms with Gasteiger partial charge < -0.3 is 4.74 Å². The van der Waals surface area contributed by atoms with Gasteiger partial charge in [0.05, 0.1) is 12.6 Å². The number of rotatable bonds is 5. The summed E-state index contributed by atoms with van der Waals surface area (Å²) in [5.41, 5.74) is -0.241. The van der Waals surface area contributed by atoms with Gasteiger partial charge in [-0.15, -0.1) is 0 Å². The smallest absolute Gasteiger partial charge is 0.322 e. The van der Waals surface area contributed by atoms with Crippen molar-refractivity contribution in [2.45, 2.75) is 26.3 Å². The van der Waals surface area contributed by atoms with Crippen molar-refractivity contribution >= 4 is 23.3 Å². The number of hydrogen-bond acceptors (Lipinski definition) is 4. The number of amides is 1. The number of carbonyl (C=O) groups is 3. The van der Waals surface area contributed by atoms with Crippen molar-refractivity contribution in [3.05, 3.63) is 66.2 Å². The number of carbonyl (C=O) groups excluding carboxylic acids is 3. The Balaban J connectivity index is 2.24. The highest BCUT2D eigenvalue weighted by Gasteiger charge is 2.64. The Morgan fingerprint density at radius 1 is 1.00 bits per heavy atom. The molecular formula is C21H21NO4. The molecule has 0 aliphatic carbocycles. The average molecular weight is 351 g/mol. The predicted octanol–water partition coefficient (Wildman–Crippen LogP) is 3.30. The predicted molar refractivity (Wildman–Crippen MR) is 97.5 cm³/mol. The van der Waals surface area contributed by atoms with Gasteiger partial charge in [-0.1, -0.05) is 55.5 Å². The Morgan fingerprint density at radius 3 is 2.12 bits per heavy atom. The Labute approximate surface area is 152 Å². The first-order chi connectivity index (χ1) is 12.6. The van der Waals surface area contributed by atoms with Gasteiger partial charge >= 0.3 is 5.97 Å². The molecule has 1 fully saturated rings. The van der Waals surface area contributed by atoms with Crippen LogP contribution in [0.3, 0.4) is 0 Å². The van der Waals surface area contributed by atoms with Crippen LogP contribution in [0.2, 0.25) is 0 Å². The molecule has 2 aromatic carbocycles. The van der Waals surface area contributed by atoms with Gasteiger partial charge in [0, 0.05) is 5.69 Å². The number of anilines is 1. The molecule has 5 nitrogen and oxygen atoms in total. The third-order valence-corrected chi connectivity index (χ3v) is 4.89. The van der Waals surface area contributed by atoms with Gasteiger partial charge in [0.1, 0.15) is 0 Å². The third kappa shape index (κ3) is 2.60. The molecule has 1 heterocycles. The zero-order valence-electron chi connectivity index (χ0n) is 14.8. The Kier molecular flexibility index (Phi) is 4.89. The van der Waals surface area contributed by atoms with Crippen LogP contribution in [0.5, 0.6) is 0 Å². The van der Waals surface area contributed by atoms with Crippen LogP contribution in [0.25, 0.3) is 0 Å². The molecule has 0 N–H and O–H groups in total. The average Bonchev–Trinajstić information content (AvgIpc) is 2.91. The van der Waals surface area contributed by atoms with Crippen LogP contribution in [-0.4, -0.2) is 24.3 Å². The minimum atomic E-state index is -1.55. The Morgan fingerprint density at radius 2 is 1.58 bits per heavy atom. The van der Waals surface area contributed by atoms with E-state index in [1.54, 1.807) is 38.1 Å². The molecule has 0 saturated carbocycles. The van der Waals surface area contributed by atoms with Gasteiger partial charge in [0.2, 0.25) is 5.78 Å². The van der Waals surface area contributed by atoms with Crippen LogP contribution in [-0.2, 0) is 19.1 Å². The summed E-state index contributed by atoms with van der Waals surface area (Å²) in [6.45, 7) is 3.58. The number of ether oxygens (including phenoxy) is 1. The van der Waals surface area contributed by atoms with Crippen LogP contribution in [0.4, 0.5) is 5.69 Å². The van der Waals surface area contributed by atoms with E-state index in [-0.39, 0.29) is 13.0 Å². The summed E-state index contributed by atoms with van der Waals surface area (Å²) in [5, 5.41) is 0. The van der Waals surface area contributed by atoms with Gasteiger partial charge in [-0.05, 0) is 31.0 Å². The largest absolute Gasteiger partial charge is 0.465 e. The second kappa shape index (κ2) is 7.12. The van der Waals surface area contributed by atoms with E-state index in [0.29, 0.717) is 5.69 Å². The topological polar surface area (TPSA) is 63.7 Å². The normalized spacial score (nSPS) is 22.5. The summed E-state index contributed by atoms with van der Waals surface area (Å²) in [7, 11) is 0. The lowest BCUT2D eigenvalue weighted by molar-refractivity contribution is -0.161. The number of hydrogen-bond donors (Lipinski definition) is 0. The second-order valence-electron chi connectivity index (χ2n) is 6.20. The fraction of sp³-hybridized carbons (Fsp3) is 0.286. The van der Waals surface area contributed by atoms with Crippen LogP contribution < -0.4 is 4.90 Å². The highest BCUT2D eigenvalue weighted by atomic mass is 16.5. The van der Waals surface area contributed by atoms with Crippen molar-refractivity contribution in [1.82, 2.24) is 0 Å². The van der Waals surface area contributed by atoms with Crippen molar-refractivity contribution in [1.29, 1.82) is 0 Å². The monoisotopic (exact) mass is 351 g/mol. The summed E-state index contributed by atoms with van der Waals surface area (Å²) in [5.74, 6) is -2.04. The second-order valence-corrected chi connectivity index (χ2v) is 6.20. The molecule has 0 aromatic heterocycles. The van der Waals surface area contributed by atoms with E-state index in [2.05, 4.69) is 0 Å². The van der Waals surface area contributed by atoms with E-state index in [1.807, 2.05) is 36.4 Å². The summed E-state index contributed by atoms with van der Waals surface area (Å²) in [4.78, 5) is 40.3. The van der Waals surface area contributed by atoms with Crippen molar-refractivity contribution in [2.24, 2.45) is 5.41 Å². The molecular weight excluding hydrogens is 330 g/mol. The molecule has 2 aromatic rings. The summed E-state index contributed by atoms with van der Waals surface area (Å²) in [6.07, 6.45) is 0.180. The molecule has 3 rings (SSSR count). The number of Topliss-reactive ketones (excluding diaryl/α,β-unsaturated/α-hetero) is 1. The van der Waals surface area contributed by atoms with Crippen molar-refractivity contribution in [3.8, 4) is 0 Å². The molecule has 0 spiro atoms. The minimum absolute atomic E-state index is 0.148. The fourth-order valence-corrected chi connectivity index (χ4v) is 3.65. The molecule has 26 heavy (non-hydrogen) atoms. The van der Waals surface area contributed by atoms with E-state index in [1.165, 1.54) is 4.90 Å². The molecule has 0 unspecified atom stereocenters. The Hall–Kier alpha value is -2.95. The van der Waals surface area contributed by atoms with E-state index >= 15 is 0 Å². The molecule has 1 aliphatic rings. The number of ketones is 1. The highest BCUT2D eigenvalue weighted by molar-refractivity contribution is 6.49. The first kappa shape index (κ1) is 17.9. The number of para-hydroxylation sites is 1. The van der Waals surface area contributed by atoms with Gasteiger partial charge in [-0.3, -0.25) is 19.3 Å². The molecule has 134 valence electrons. The fourth-order valence-electron chi connectivity index (χ4n) is 3.65. The minimum Gasteiger partial charge on any atom is -0.465 e. The zero-order chi connectivity index (χ0) is 18.7. The number of nitrogens with zero attached hydrogens (tertiary/aromatic N) is 1. The first-order valence-corrected chi connectivity index (χ1v) is 8.73. The molecule has 5 heteroatoms. The van der Waals surface area contributed by atoms with Gasteiger partial charge in [-0.2, -0.15) is 0 Å². The Bertz CT molecular complexity index is 818. The van der Waals surface area contributed by atoms with E-state index < -0.39 is 29.1 Å². The van der Waals surface area contributed by atoms with Crippen LogP contribution in [0.15, 0.2) is 60.7 Å². The van der Waals surface area contributed by atoms with Crippen molar-refractivity contribution in [2.75, 3.05) is 11.5 Å². The maximum absolute atomic E-state index is 13.1. The van der Waals surface area contributed by atoms with E-state index in [0.717, 1.165) is 5.56 Å². The van der Waals surface area contributed by atoms with Crippen molar-refractivity contribution < 1.29 is 19.1 Å². The lowest BCUT2D eigenvalue weighted by Crippen LogP contribution is -2.43. The molecule has 2 atom stereocenters. The van der Waals surface area contributed by atoms with E-state index in [9.17, 15) is 14.4 Å². The van der Waals surface area contributed by atoms with Crippen LogP contribution in [0.1, 0.15) is 31.9 Å². The van der Waals surface area contributed by atoms with Gasteiger partial charge in [0.15, 0.2) is 5.41 Å². The number of benzene rings is 2. The molecule has 1 aliphatic heterocycles. The first-order valence-electron chi connectivity index (χ1n) is 8.73. The third-order valence-electron chi connectivity index (χ3n) is 4.89. The van der Waals surface area contributed by atoms with Crippen LogP contribution in [0, 0.1) is 5.41 Å². The molecule has 1 saturated heterocycles. The maximum atomic E-state index is 13.1. The maximum Gasteiger partial charge on any atom is 0.322 e. The standard InChI is InChI=1S/C21H21NO4/c1-3-21(20(25)26-4-2)17(15-11-7-5-8-12-15)22(19(24)18(21)23)16-13-9-6-10-14-16/h5-14,17H,3-4H2,1-2H3/t17-,21-/m0/s1. The highest BCUT2D eigenvalue weighted by Crippen LogP contribution is 2.50. The zero-order valence-corrected chi connectivity index (χ0v) is 14.8. The summed E-state index contributed by atoms with van der Waals surface area (Å²) >= 11 is 0. The van der Waals surface area contributed by atoms with Crippen molar-refractivity contribution in [3.63, 3.8) is 0 Å². The van der Waals surface area contributed by atoms with Gasteiger partial charge in [0.25, 0.3) is 5.91 Å². The SMILES string of the molecule is CCOC(=O)[C@]1(CC)C(=O)C(=O)N(c2ccccc2)[C@H]1c1ccccc1. The molecule has 0 radical (unpaired) electrons. The van der Waals surface area contributed by atoms with E-state index in [4.69, 9.17) is 4.74 Å². The van der Waals surface area contributed by atoms with Crippen LogP contribution >= 0.6 is 0 Å². The summed E-state index contributed by atoms with van der Waals surface area (Å²) < 4.78 is 5.24. The summed E-state index contributed by atoms with van der Waals surface area (Å²) in [6, 6.07) is 17.4. The molecule has 1 amide bonds. The number of esters is 1. The lowest BCUT2D eigenvalue weighted by atomic mass is 9.74. The lowest BCUT2D eigenvalue weighted by Gasteiger charge is -2.34. The quantitative estimate of drug-likeness (QED) is 0.471.